The number of amides is 1. The predicted octanol–water partition coefficient (Wildman–Crippen LogP) is 3.16. The first-order valence-corrected chi connectivity index (χ1v) is 7.53. The molecule has 1 aromatic rings. The molecule has 1 amide bonds. The van der Waals surface area contributed by atoms with E-state index in [4.69, 9.17) is 0 Å². The molecule has 2 saturated heterocycles. The zero-order valence-corrected chi connectivity index (χ0v) is 13.6. The minimum atomic E-state index is -0.841. The summed E-state index contributed by atoms with van der Waals surface area (Å²) in [4.78, 5) is 12.1. The number of piperidine rings is 1. The van der Waals surface area contributed by atoms with Crippen molar-refractivity contribution in [3.05, 3.63) is 33.8 Å². The summed E-state index contributed by atoms with van der Waals surface area (Å²) in [7, 11) is 0. The Hall–Kier alpha value is -0.720. The average Bonchev–Trinajstić information content (AvgIpc) is 2.67. The van der Waals surface area contributed by atoms with Gasteiger partial charge in [-0.05, 0) is 37.8 Å². The predicted molar refractivity (Wildman–Crippen MR) is 81.7 cm³/mol. The zero-order valence-electron chi connectivity index (χ0n) is 11.2. The van der Waals surface area contributed by atoms with Gasteiger partial charge in [0.05, 0.1) is 0 Å². The van der Waals surface area contributed by atoms with Gasteiger partial charge in [-0.15, -0.1) is 12.4 Å². The average molecular weight is 382 g/mol. The van der Waals surface area contributed by atoms with Gasteiger partial charge in [0.25, 0.3) is 5.91 Å². The van der Waals surface area contributed by atoms with Crippen molar-refractivity contribution >= 4 is 34.2 Å². The highest BCUT2D eigenvalue weighted by Crippen LogP contribution is 2.27. The third-order valence-electron chi connectivity index (χ3n) is 4.04. The van der Waals surface area contributed by atoms with Gasteiger partial charge in [-0.2, -0.15) is 0 Å². The van der Waals surface area contributed by atoms with Crippen LogP contribution in [0.2, 0.25) is 0 Å². The van der Waals surface area contributed by atoms with Crippen LogP contribution in [0.3, 0.4) is 0 Å². The van der Waals surface area contributed by atoms with Gasteiger partial charge in [-0.25, -0.2) is 8.78 Å². The highest BCUT2D eigenvalue weighted by Gasteiger charge is 2.34. The quantitative estimate of drug-likeness (QED) is 0.826. The third-order valence-corrected chi connectivity index (χ3v) is 4.50. The SMILES string of the molecule is Cl.O=C(NC1CC2CCC(C1)N2)c1c(F)cc(Br)cc1F. The lowest BCUT2D eigenvalue weighted by Crippen LogP contribution is -2.48. The first-order chi connectivity index (χ1) is 9.52. The molecule has 2 heterocycles. The maximum atomic E-state index is 13.7. The summed E-state index contributed by atoms with van der Waals surface area (Å²) in [5.74, 6) is -2.35. The summed E-state index contributed by atoms with van der Waals surface area (Å²) in [6.07, 6.45) is 3.86. The fourth-order valence-electron chi connectivity index (χ4n) is 3.19. The van der Waals surface area contributed by atoms with Crippen LogP contribution in [0.5, 0.6) is 0 Å². The number of nitrogens with one attached hydrogen (secondary N) is 2. The van der Waals surface area contributed by atoms with Crippen LogP contribution in [-0.4, -0.2) is 24.0 Å². The Morgan fingerprint density at radius 2 is 1.71 bits per heavy atom. The minimum Gasteiger partial charge on any atom is -0.349 e. The first-order valence-electron chi connectivity index (χ1n) is 6.74. The molecule has 3 nitrogen and oxygen atoms in total. The van der Waals surface area contributed by atoms with Crippen LogP contribution >= 0.6 is 28.3 Å². The van der Waals surface area contributed by atoms with Gasteiger partial charge < -0.3 is 10.6 Å². The summed E-state index contributed by atoms with van der Waals surface area (Å²) in [6.45, 7) is 0. The van der Waals surface area contributed by atoms with Crippen LogP contribution < -0.4 is 10.6 Å². The summed E-state index contributed by atoms with van der Waals surface area (Å²) in [5, 5.41) is 6.22. The van der Waals surface area contributed by atoms with E-state index in [1.807, 2.05) is 0 Å². The van der Waals surface area contributed by atoms with Crippen LogP contribution in [-0.2, 0) is 0 Å². The van der Waals surface area contributed by atoms with E-state index < -0.39 is 23.1 Å². The van der Waals surface area contributed by atoms with E-state index in [0.29, 0.717) is 12.1 Å². The van der Waals surface area contributed by atoms with E-state index in [9.17, 15) is 13.6 Å². The van der Waals surface area contributed by atoms with Gasteiger partial charge in [0.2, 0.25) is 0 Å². The molecular weight excluding hydrogens is 366 g/mol. The fraction of sp³-hybridized carbons (Fsp3) is 0.500. The largest absolute Gasteiger partial charge is 0.349 e. The number of rotatable bonds is 2. The van der Waals surface area contributed by atoms with Crippen molar-refractivity contribution in [2.45, 2.75) is 43.8 Å². The number of hydrogen-bond acceptors (Lipinski definition) is 2. The maximum absolute atomic E-state index is 13.7. The standard InChI is InChI=1S/C14H15BrF2N2O.ClH/c15-7-3-11(16)13(12(17)4-7)14(20)19-10-5-8-1-2-9(6-10)18-8;/h3-4,8-10,18H,1-2,5-6H2,(H,19,20);1H. The van der Waals surface area contributed by atoms with E-state index in [1.54, 1.807) is 0 Å². The Morgan fingerprint density at radius 1 is 1.19 bits per heavy atom. The molecule has 1 aromatic carbocycles. The van der Waals surface area contributed by atoms with E-state index in [0.717, 1.165) is 37.8 Å². The van der Waals surface area contributed by atoms with Gasteiger partial charge in [0, 0.05) is 22.6 Å². The molecule has 2 atom stereocenters. The maximum Gasteiger partial charge on any atom is 0.257 e. The van der Waals surface area contributed by atoms with Crippen molar-refractivity contribution in [1.82, 2.24) is 10.6 Å². The molecule has 2 fully saturated rings. The number of halogens is 4. The molecule has 0 saturated carbocycles. The summed E-state index contributed by atoms with van der Waals surface area (Å²) < 4.78 is 27.8. The van der Waals surface area contributed by atoms with Crippen molar-refractivity contribution in [2.75, 3.05) is 0 Å². The van der Waals surface area contributed by atoms with Crippen LogP contribution in [0.25, 0.3) is 0 Å². The molecule has 2 unspecified atom stereocenters. The topological polar surface area (TPSA) is 41.1 Å². The fourth-order valence-corrected chi connectivity index (χ4v) is 3.59. The Kier molecular flexibility index (Phi) is 5.22. The Labute approximate surface area is 136 Å². The molecule has 0 aliphatic carbocycles. The molecule has 3 rings (SSSR count). The lowest BCUT2D eigenvalue weighted by Gasteiger charge is -2.29. The Bertz CT molecular complexity index is 523. The lowest BCUT2D eigenvalue weighted by molar-refractivity contribution is 0.0915. The monoisotopic (exact) mass is 380 g/mol. The zero-order chi connectivity index (χ0) is 14.3. The molecule has 0 aromatic heterocycles. The van der Waals surface area contributed by atoms with Gasteiger partial charge in [0.1, 0.15) is 17.2 Å². The molecule has 21 heavy (non-hydrogen) atoms. The molecule has 2 N–H and O–H groups in total. The second kappa shape index (κ2) is 6.58. The smallest absolute Gasteiger partial charge is 0.257 e. The second-order valence-electron chi connectivity index (χ2n) is 5.52. The lowest BCUT2D eigenvalue weighted by atomic mass is 9.99. The minimum absolute atomic E-state index is 0. The van der Waals surface area contributed by atoms with Crippen molar-refractivity contribution in [3.8, 4) is 0 Å². The highest BCUT2D eigenvalue weighted by atomic mass is 79.9. The van der Waals surface area contributed by atoms with Gasteiger partial charge >= 0.3 is 0 Å². The molecule has 0 spiro atoms. The summed E-state index contributed by atoms with van der Waals surface area (Å²) >= 11 is 3.00. The van der Waals surface area contributed by atoms with Crippen molar-refractivity contribution in [3.63, 3.8) is 0 Å². The first kappa shape index (κ1) is 16.6. The molecule has 0 radical (unpaired) electrons. The van der Waals surface area contributed by atoms with E-state index in [2.05, 4.69) is 26.6 Å². The Morgan fingerprint density at radius 3 is 2.24 bits per heavy atom. The summed E-state index contributed by atoms with van der Waals surface area (Å²) in [6, 6.07) is 3.02. The van der Waals surface area contributed by atoms with E-state index >= 15 is 0 Å². The molecule has 2 aliphatic heterocycles. The van der Waals surface area contributed by atoms with Crippen LogP contribution in [0.1, 0.15) is 36.0 Å². The molecule has 2 aliphatic rings. The normalized spacial score (nSPS) is 27.1. The van der Waals surface area contributed by atoms with Gasteiger partial charge in [-0.3, -0.25) is 4.79 Å². The molecular formula is C14H16BrClF2N2O. The second-order valence-corrected chi connectivity index (χ2v) is 6.44. The van der Waals surface area contributed by atoms with Crippen molar-refractivity contribution in [2.24, 2.45) is 0 Å². The highest BCUT2D eigenvalue weighted by molar-refractivity contribution is 9.10. The van der Waals surface area contributed by atoms with Gasteiger partial charge in [-0.1, -0.05) is 15.9 Å². The molecule has 116 valence electrons. The number of carbonyl (C=O) groups is 1. The number of carbonyl (C=O) groups excluding carboxylic acids is 1. The van der Waals surface area contributed by atoms with Crippen LogP contribution in [0.15, 0.2) is 16.6 Å². The number of hydrogen-bond donors (Lipinski definition) is 2. The van der Waals surface area contributed by atoms with Crippen LogP contribution in [0, 0.1) is 11.6 Å². The molecule has 7 heteroatoms. The Balaban J connectivity index is 0.00000161. The molecule has 2 bridgehead atoms. The van der Waals surface area contributed by atoms with E-state index in [1.165, 1.54) is 0 Å². The van der Waals surface area contributed by atoms with Crippen molar-refractivity contribution < 1.29 is 13.6 Å². The number of benzene rings is 1. The number of fused-ring (bicyclic) bond motifs is 2. The van der Waals surface area contributed by atoms with Gasteiger partial charge in [0.15, 0.2) is 0 Å². The van der Waals surface area contributed by atoms with Crippen molar-refractivity contribution in [1.29, 1.82) is 0 Å². The summed E-state index contributed by atoms with van der Waals surface area (Å²) in [5.41, 5.74) is -0.501. The third kappa shape index (κ3) is 3.55. The van der Waals surface area contributed by atoms with E-state index in [-0.39, 0.29) is 22.9 Å². The van der Waals surface area contributed by atoms with Crippen LogP contribution in [0.4, 0.5) is 8.78 Å².